The standard InChI is InChI=1S/C11H9N3/c1-8-4-2-6-10-9(8)5-3-7-11(10)13-14-12/h2-7H,1H3. The summed E-state index contributed by atoms with van der Waals surface area (Å²) in [6.45, 7) is 2.04. The van der Waals surface area contributed by atoms with Gasteiger partial charge in [0.2, 0.25) is 0 Å². The molecule has 0 radical (unpaired) electrons. The van der Waals surface area contributed by atoms with Crippen LogP contribution in [0.15, 0.2) is 41.5 Å². The first-order valence-corrected chi connectivity index (χ1v) is 4.36. The van der Waals surface area contributed by atoms with E-state index in [1.807, 2.05) is 43.3 Å². The van der Waals surface area contributed by atoms with Gasteiger partial charge in [-0.05, 0) is 28.8 Å². The molecule has 0 saturated carbocycles. The Morgan fingerprint density at radius 3 is 2.57 bits per heavy atom. The molecule has 0 bridgehead atoms. The number of rotatable bonds is 1. The summed E-state index contributed by atoms with van der Waals surface area (Å²) in [6, 6.07) is 11.7. The average Bonchev–Trinajstić information content (AvgIpc) is 2.20. The summed E-state index contributed by atoms with van der Waals surface area (Å²) in [6.07, 6.45) is 0. The monoisotopic (exact) mass is 183 g/mol. The second-order valence-electron chi connectivity index (χ2n) is 3.14. The van der Waals surface area contributed by atoms with Crippen LogP contribution in [0.1, 0.15) is 5.56 Å². The summed E-state index contributed by atoms with van der Waals surface area (Å²) < 4.78 is 0. The molecule has 0 aliphatic heterocycles. The van der Waals surface area contributed by atoms with Crippen LogP contribution < -0.4 is 0 Å². The molecular formula is C11H9N3. The molecular weight excluding hydrogens is 174 g/mol. The third-order valence-corrected chi connectivity index (χ3v) is 2.27. The van der Waals surface area contributed by atoms with Crippen LogP contribution in [0.5, 0.6) is 0 Å². The smallest absolute Gasteiger partial charge is 0.0453 e. The van der Waals surface area contributed by atoms with Gasteiger partial charge < -0.3 is 0 Å². The van der Waals surface area contributed by atoms with E-state index in [-0.39, 0.29) is 0 Å². The number of aryl methyl sites for hydroxylation is 1. The Kier molecular flexibility index (Phi) is 2.09. The Bertz CT molecular complexity index is 525. The van der Waals surface area contributed by atoms with E-state index in [1.54, 1.807) is 0 Å². The maximum absolute atomic E-state index is 8.41. The maximum atomic E-state index is 8.41. The summed E-state index contributed by atoms with van der Waals surface area (Å²) >= 11 is 0. The van der Waals surface area contributed by atoms with Gasteiger partial charge in [-0.1, -0.05) is 41.5 Å². The van der Waals surface area contributed by atoms with Crippen molar-refractivity contribution in [3.8, 4) is 0 Å². The molecule has 2 aromatic carbocycles. The lowest BCUT2D eigenvalue weighted by molar-refractivity contribution is 1.48. The minimum absolute atomic E-state index is 0.689. The molecule has 0 fully saturated rings. The Morgan fingerprint density at radius 2 is 1.79 bits per heavy atom. The number of azide groups is 1. The molecule has 0 aromatic heterocycles. The van der Waals surface area contributed by atoms with Crippen LogP contribution in [0.4, 0.5) is 5.69 Å². The van der Waals surface area contributed by atoms with E-state index in [0.717, 1.165) is 10.8 Å². The van der Waals surface area contributed by atoms with Gasteiger partial charge >= 0.3 is 0 Å². The maximum Gasteiger partial charge on any atom is 0.0453 e. The molecule has 2 aromatic rings. The lowest BCUT2D eigenvalue weighted by Gasteiger charge is -2.03. The minimum atomic E-state index is 0.689. The van der Waals surface area contributed by atoms with E-state index >= 15 is 0 Å². The summed E-state index contributed by atoms with van der Waals surface area (Å²) in [5, 5.41) is 5.80. The number of fused-ring (bicyclic) bond motifs is 1. The van der Waals surface area contributed by atoms with Gasteiger partial charge in [0, 0.05) is 10.6 Å². The van der Waals surface area contributed by atoms with E-state index in [0.29, 0.717) is 5.69 Å². The highest BCUT2D eigenvalue weighted by molar-refractivity contribution is 5.94. The molecule has 2 rings (SSSR count). The van der Waals surface area contributed by atoms with Crippen LogP contribution in [0.2, 0.25) is 0 Å². The van der Waals surface area contributed by atoms with Gasteiger partial charge in [0.1, 0.15) is 0 Å². The fourth-order valence-electron chi connectivity index (χ4n) is 1.59. The summed E-state index contributed by atoms with van der Waals surface area (Å²) in [5.41, 5.74) is 10.3. The van der Waals surface area contributed by atoms with Crippen molar-refractivity contribution in [2.45, 2.75) is 6.92 Å². The van der Waals surface area contributed by atoms with Crippen LogP contribution in [0, 0.1) is 6.92 Å². The zero-order valence-electron chi connectivity index (χ0n) is 7.81. The lowest BCUT2D eigenvalue weighted by atomic mass is 10.0. The van der Waals surface area contributed by atoms with Crippen LogP contribution in [-0.2, 0) is 0 Å². The van der Waals surface area contributed by atoms with Crippen molar-refractivity contribution in [2.75, 3.05) is 0 Å². The molecule has 3 heteroatoms. The predicted molar refractivity (Wildman–Crippen MR) is 57.5 cm³/mol. The van der Waals surface area contributed by atoms with Crippen molar-refractivity contribution in [2.24, 2.45) is 5.11 Å². The van der Waals surface area contributed by atoms with Crippen molar-refractivity contribution >= 4 is 16.5 Å². The Hall–Kier alpha value is -1.99. The third-order valence-electron chi connectivity index (χ3n) is 2.27. The summed E-state index contributed by atoms with van der Waals surface area (Å²) in [4.78, 5) is 2.81. The first-order chi connectivity index (χ1) is 6.83. The minimum Gasteiger partial charge on any atom is -0.0614 e. The molecule has 0 amide bonds. The van der Waals surface area contributed by atoms with Gasteiger partial charge in [0.05, 0.1) is 0 Å². The van der Waals surface area contributed by atoms with E-state index in [9.17, 15) is 0 Å². The number of hydrogen-bond acceptors (Lipinski definition) is 1. The highest BCUT2D eigenvalue weighted by Gasteiger charge is 1.99. The summed E-state index contributed by atoms with van der Waals surface area (Å²) in [5.74, 6) is 0. The van der Waals surface area contributed by atoms with Crippen molar-refractivity contribution < 1.29 is 0 Å². The predicted octanol–water partition coefficient (Wildman–Crippen LogP) is 4.09. The highest BCUT2D eigenvalue weighted by atomic mass is 15.1. The van der Waals surface area contributed by atoms with Gasteiger partial charge in [-0.2, -0.15) is 0 Å². The second-order valence-corrected chi connectivity index (χ2v) is 3.14. The fraction of sp³-hybridized carbons (Fsp3) is 0.0909. The van der Waals surface area contributed by atoms with Gasteiger partial charge in [-0.15, -0.1) is 0 Å². The topological polar surface area (TPSA) is 48.8 Å². The molecule has 0 N–H and O–H groups in total. The van der Waals surface area contributed by atoms with Crippen molar-refractivity contribution in [1.82, 2.24) is 0 Å². The van der Waals surface area contributed by atoms with Crippen LogP contribution in [-0.4, -0.2) is 0 Å². The quantitative estimate of drug-likeness (QED) is 0.363. The van der Waals surface area contributed by atoms with Gasteiger partial charge in [0.15, 0.2) is 0 Å². The van der Waals surface area contributed by atoms with Crippen LogP contribution in [0.25, 0.3) is 21.2 Å². The van der Waals surface area contributed by atoms with Crippen molar-refractivity contribution in [3.63, 3.8) is 0 Å². The summed E-state index contributed by atoms with van der Waals surface area (Å²) in [7, 11) is 0. The van der Waals surface area contributed by atoms with Crippen LogP contribution >= 0.6 is 0 Å². The van der Waals surface area contributed by atoms with E-state index < -0.39 is 0 Å². The number of hydrogen-bond donors (Lipinski definition) is 0. The highest BCUT2D eigenvalue weighted by Crippen LogP contribution is 2.27. The molecule has 3 nitrogen and oxygen atoms in total. The molecule has 0 saturated heterocycles. The van der Waals surface area contributed by atoms with E-state index in [4.69, 9.17) is 5.53 Å². The lowest BCUT2D eigenvalue weighted by Crippen LogP contribution is -1.77. The first kappa shape index (κ1) is 8.60. The third kappa shape index (κ3) is 1.30. The van der Waals surface area contributed by atoms with Gasteiger partial charge in [0.25, 0.3) is 0 Å². The van der Waals surface area contributed by atoms with Crippen molar-refractivity contribution in [1.29, 1.82) is 0 Å². The molecule has 0 spiro atoms. The molecule has 0 heterocycles. The average molecular weight is 183 g/mol. The SMILES string of the molecule is Cc1cccc2c(N=[N+]=[N-])cccc12. The Morgan fingerprint density at radius 1 is 1.07 bits per heavy atom. The molecule has 14 heavy (non-hydrogen) atoms. The second kappa shape index (κ2) is 3.40. The molecule has 0 aliphatic rings. The normalized spacial score (nSPS) is 9.79. The molecule has 68 valence electrons. The number of nitrogens with zero attached hydrogens (tertiary/aromatic N) is 3. The van der Waals surface area contributed by atoms with Crippen LogP contribution in [0.3, 0.4) is 0 Å². The number of benzene rings is 2. The molecule has 0 atom stereocenters. The van der Waals surface area contributed by atoms with Crippen molar-refractivity contribution in [3.05, 3.63) is 52.4 Å². The van der Waals surface area contributed by atoms with Gasteiger partial charge in [-0.25, -0.2) is 0 Å². The first-order valence-electron chi connectivity index (χ1n) is 4.36. The van der Waals surface area contributed by atoms with E-state index in [2.05, 4.69) is 10.0 Å². The largest absolute Gasteiger partial charge is 0.0614 e. The van der Waals surface area contributed by atoms with E-state index in [1.165, 1.54) is 5.56 Å². The Balaban J connectivity index is 2.87. The Labute approximate surface area is 81.6 Å². The van der Waals surface area contributed by atoms with Gasteiger partial charge in [-0.3, -0.25) is 0 Å². The molecule has 0 aliphatic carbocycles. The zero-order valence-corrected chi connectivity index (χ0v) is 7.81. The zero-order chi connectivity index (χ0) is 9.97. The molecule has 0 unspecified atom stereocenters. The fourth-order valence-corrected chi connectivity index (χ4v) is 1.59.